The molecule has 0 aliphatic heterocycles. The molecule has 3 N–H and O–H groups in total. The molecule has 0 spiro atoms. The van der Waals surface area contributed by atoms with Crippen molar-refractivity contribution in [2.45, 2.75) is 0 Å². The van der Waals surface area contributed by atoms with Gasteiger partial charge in [-0.05, 0) is 24.3 Å². The molecule has 0 unspecified atom stereocenters. The van der Waals surface area contributed by atoms with Gasteiger partial charge < -0.3 is 15.8 Å². The number of benzene rings is 2. The van der Waals surface area contributed by atoms with E-state index in [0.29, 0.717) is 17.1 Å². The van der Waals surface area contributed by atoms with Gasteiger partial charge in [0.2, 0.25) is 0 Å². The minimum Gasteiger partial charge on any atom is -0.496 e. The second-order valence-electron chi connectivity index (χ2n) is 5.01. The fourth-order valence-electron chi connectivity index (χ4n) is 2.26. The summed E-state index contributed by atoms with van der Waals surface area (Å²) in [5, 5.41) is 2.75. The minimum absolute atomic E-state index is 0.0714. The summed E-state index contributed by atoms with van der Waals surface area (Å²) in [7, 11) is 1.58. The molecule has 0 bridgehead atoms. The van der Waals surface area contributed by atoms with E-state index in [9.17, 15) is 4.79 Å². The molecule has 24 heavy (non-hydrogen) atoms. The molecule has 0 radical (unpaired) electrons. The van der Waals surface area contributed by atoms with Gasteiger partial charge in [0.05, 0.1) is 19.0 Å². The number of nitrogens with two attached hydrogens (primary N) is 1. The van der Waals surface area contributed by atoms with Crippen molar-refractivity contribution < 1.29 is 9.53 Å². The first-order valence-electron chi connectivity index (χ1n) is 7.31. The quantitative estimate of drug-likeness (QED) is 0.771. The number of anilines is 2. The Morgan fingerprint density at radius 1 is 1.08 bits per heavy atom. The van der Waals surface area contributed by atoms with Crippen LogP contribution in [0.5, 0.6) is 5.75 Å². The monoisotopic (exact) mass is 320 g/mol. The zero-order valence-electron chi connectivity index (χ0n) is 13.1. The summed E-state index contributed by atoms with van der Waals surface area (Å²) in [6.45, 7) is 0. The normalized spacial score (nSPS) is 10.2. The van der Waals surface area contributed by atoms with E-state index in [4.69, 9.17) is 10.5 Å². The van der Waals surface area contributed by atoms with E-state index >= 15 is 0 Å². The van der Waals surface area contributed by atoms with Crippen LogP contribution in [0.15, 0.2) is 60.8 Å². The molecule has 3 rings (SSSR count). The van der Waals surface area contributed by atoms with E-state index < -0.39 is 5.91 Å². The number of nitrogens with one attached hydrogen (secondary N) is 1. The van der Waals surface area contributed by atoms with Crippen LogP contribution in [0.1, 0.15) is 10.5 Å². The average molecular weight is 320 g/mol. The Hall–Kier alpha value is -3.41. The summed E-state index contributed by atoms with van der Waals surface area (Å²) in [6, 6.07) is 16.5. The summed E-state index contributed by atoms with van der Waals surface area (Å²) in [5.74, 6) is 0.302. The molecule has 0 atom stereocenters. The van der Waals surface area contributed by atoms with Gasteiger partial charge in [-0.15, -0.1) is 0 Å². The van der Waals surface area contributed by atoms with E-state index in [1.807, 2.05) is 42.5 Å². The number of para-hydroxylation sites is 2. The third-order valence-electron chi connectivity index (χ3n) is 3.43. The van der Waals surface area contributed by atoms with Crippen molar-refractivity contribution in [2.24, 2.45) is 0 Å². The average Bonchev–Trinajstić information content (AvgIpc) is 2.63. The van der Waals surface area contributed by atoms with Crippen LogP contribution in [0.3, 0.4) is 0 Å². The molecule has 0 saturated carbocycles. The number of amides is 1. The van der Waals surface area contributed by atoms with Crippen LogP contribution in [0.4, 0.5) is 11.5 Å². The van der Waals surface area contributed by atoms with Crippen LogP contribution >= 0.6 is 0 Å². The summed E-state index contributed by atoms with van der Waals surface area (Å²) in [4.78, 5) is 20.9. The highest BCUT2D eigenvalue weighted by atomic mass is 16.5. The smallest absolute Gasteiger partial charge is 0.278 e. The fourth-order valence-corrected chi connectivity index (χ4v) is 2.26. The molecule has 120 valence electrons. The molecule has 3 aromatic rings. The number of nitrogen functional groups attached to an aromatic ring is 1. The van der Waals surface area contributed by atoms with Crippen LogP contribution in [-0.2, 0) is 0 Å². The molecule has 6 nitrogen and oxygen atoms in total. The van der Waals surface area contributed by atoms with E-state index in [1.165, 1.54) is 6.20 Å². The molecule has 1 amide bonds. The minimum atomic E-state index is -0.414. The Morgan fingerprint density at radius 2 is 1.79 bits per heavy atom. The zero-order valence-corrected chi connectivity index (χ0v) is 13.1. The first-order valence-corrected chi connectivity index (χ1v) is 7.31. The van der Waals surface area contributed by atoms with Crippen molar-refractivity contribution in [3.8, 4) is 17.0 Å². The standard InChI is InChI=1S/C18H16N4O2/c1-24-15-10-6-5-9-13(15)14-11-20-17(19)16(22-14)18(23)21-12-7-3-2-4-8-12/h2-11H,1H3,(H2,19,20)(H,21,23). The number of methoxy groups -OCH3 is 1. The SMILES string of the molecule is COc1ccccc1-c1cnc(N)c(C(=O)Nc2ccccc2)n1. The van der Waals surface area contributed by atoms with Crippen molar-refractivity contribution in [3.05, 3.63) is 66.5 Å². The fraction of sp³-hybridized carbons (Fsp3) is 0.0556. The van der Waals surface area contributed by atoms with Gasteiger partial charge in [-0.25, -0.2) is 9.97 Å². The topological polar surface area (TPSA) is 90.1 Å². The maximum absolute atomic E-state index is 12.4. The second kappa shape index (κ2) is 6.78. The van der Waals surface area contributed by atoms with Crippen molar-refractivity contribution in [1.29, 1.82) is 0 Å². The van der Waals surface area contributed by atoms with Crippen LogP contribution in [0.2, 0.25) is 0 Å². The first kappa shape index (κ1) is 15.5. The maximum atomic E-state index is 12.4. The largest absolute Gasteiger partial charge is 0.496 e. The molecular formula is C18H16N4O2. The van der Waals surface area contributed by atoms with Crippen LogP contribution in [0, 0.1) is 0 Å². The number of hydrogen-bond acceptors (Lipinski definition) is 5. The van der Waals surface area contributed by atoms with Gasteiger partial charge >= 0.3 is 0 Å². The van der Waals surface area contributed by atoms with Gasteiger partial charge in [0.15, 0.2) is 11.5 Å². The number of hydrogen-bond donors (Lipinski definition) is 2. The predicted molar refractivity (Wildman–Crippen MR) is 92.8 cm³/mol. The van der Waals surface area contributed by atoms with Gasteiger partial charge in [0.25, 0.3) is 5.91 Å². The van der Waals surface area contributed by atoms with Crippen molar-refractivity contribution in [3.63, 3.8) is 0 Å². The molecule has 6 heteroatoms. The van der Waals surface area contributed by atoms with Crippen LogP contribution in [0.25, 0.3) is 11.3 Å². The van der Waals surface area contributed by atoms with E-state index in [1.54, 1.807) is 19.2 Å². The van der Waals surface area contributed by atoms with E-state index in [2.05, 4.69) is 15.3 Å². The van der Waals surface area contributed by atoms with Crippen molar-refractivity contribution in [1.82, 2.24) is 9.97 Å². The Morgan fingerprint density at radius 3 is 2.54 bits per heavy atom. The summed E-state index contributed by atoms with van der Waals surface area (Å²) < 4.78 is 5.33. The van der Waals surface area contributed by atoms with Gasteiger partial charge in [0, 0.05) is 11.3 Å². The Balaban J connectivity index is 1.96. The third kappa shape index (κ3) is 3.17. The maximum Gasteiger partial charge on any atom is 0.278 e. The van der Waals surface area contributed by atoms with Crippen molar-refractivity contribution in [2.75, 3.05) is 18.2 Å². The van der Waals surface area contributed by atoms with Gasteiger partial charge in [-0.1, -0.05) is 30.3 Å². The molecule has 0 saturated heterocycles. The van der Waals surface area contributed by atoms with Crippen molar-refractivity contribution >= 4 is 17.4 Å². The lowest BCUT2D eigenvalue weighted by atomic mass is 10.1. The highest BCUT2D eigenvalue weighted by Crippen LogP contribution is 2.28. The highest BCUT2D eigenvalue weighted by molar-refractivity contribution is 6.06. The van der Waals surface area contributed by atoms with Crippen LogP contribution in [-0.4, -0.2) is 23.0 Å². The zero-order chi connectivity index (χ0) is 16.9. The van der Waals surface area contributed by atoms with E-state index in [-0.39, 0.29) is 11.5 Å². The molecule has 0 aliphatic rings. The number of ether oxygens (including phenoxy) is 1. The lowest BCUT2D eigenvalue weighted by molar-refractivity contribution is 0.102. The molecule has 0 aliphatic carbocycles. The first-order chi connectivity index (χ1) is 11.7. The number of carbonyl (C=O) groups is 1. The molecule has 2 aromatic carbocycles. The molecule has 1 aromatic heterocycles. The Bertz CT molecular complexity index is 866. The molecule has 0 fully saturated rings. The number of carbonyl (C=O) groups excluding carboxylic acids is 1. The van der Waals surface area contributed by atoms with Crippen LogP contribution < -0.4 is 15.8 Å². The predicted octanol–water partition coefficient (Wildman–Crippen LogP) is 2.99. The molecule has 1 heterocycles. The summed E-state index contributed by atoms with van der Waals surface area (Å²) >= 11 is 0. The number of nitrogens with zero attached hydrogens (tertiary/aromatic N) is 2. The Kier molecular flexibility index (Phi) is 4.38. The highest BCUT2D eigenvalue weighted by Gasteiger charge is 2.16. The second-order valence-corrected chi connectivity index (χ2v) is 5.01. The third-order valence-corrected chi connectivity index (χ3v) is 3.43. The molecular weight excluding hydrogens is 304 g/mol. The lowest BCUT2D eigenvalue weighted by Crippen LogP contribution is -2.17. The van der Waals surface area contributed by atoms with Gasteiger partial charge in [-0.2, -0.15) is 0 Å². The Labute approximate surface area is 139 Å². The summed E-state index contributed by atoms with van der Waals surface area (Å²) in [5.41, 5.74) is 7.81. The van der Waals surface area contributed by atoms with Gasteiger partial charge in [0.1, 0.15) is 5.75 Å². The lowest BCUT2D eigenvalue weighted by Gasteiger charge is -2.10. The number of rotatable bonds is 4. The summed E-state index contributed by atoms with van der Waals surface area (Å²) in [6.07, 6.45) is 1.52. The number of aromatic nitrogens is 2. The van der Waals surface area contributed by atoms with Gasteiger partial charge in [-0.3, -0.25) is 4.79 Å². The van der Waals surface area contributed by atoms with E-state index in [0.717, 1.165) is 5.56 Å².